The Morgan fingerprint density at radius 3 is 2.08 bits per heavy atom. The Kier molecular flexibility index (Phi) is 7.07. The summed E-state index contributed by atoms with van der Waals surface area (Å²) in [6.07, 6.45) is 1.09. The summed E-state index contributed by atoms with van der Waals surface area (Å²) >= 11 is 0. The SMILES string of the molecule is CCOc1ccc(NC(=O)CCCOc2ccc(C(C)(C)C)cc2)cc1. The third-order valence-corrected chi connectivity index (χ3v) is 3.99. The summed E-state index contributed by atoms with van der Waals surface area (Å²) in [5.74, 6) is 1.63. The van der Waals surface area contributed by atoms with E-state index in [0.717, 1.165) is 17.2 Å². The second-order valence-electron chi connectivity index (χ2n) is 7.23. The number of hydrogen-bond acceptors (Lipinski definition) is 3. The standard InChI is InChI=1S/C22H29NO3/c1-5-25-19-14-10-18(11-15-19)23-21(24)7-6-16-26-20-12-8-17(9-13-20)22(2,3)4/h8-15H,5-7,16H2,1-4H3,(H,23,24). The van der Waals surface area contributed by atoms with Crippen molar-refractivity contribution in [1.29, 1.82) is 0 Å². The molecule has 0 saturated heterocycles. The molecule has 140 valence electrons. The van der Waals surface area contributed by atoms with Gasteiger partial charge in [-0.3, -0.25) is 4.79 Å². The van der Waals surface area contributed by atoms with Crippen LogP contribution >= 0.6 is 0 Å². The highest BCUT2D eigenvalue weighted by Gasteiger charge is 2.12. The van der Waals surface area contributed by atoms with E-state index in [2.05, 4.69) is 38.2 Å². The van der Waals surface area contributed by atoms with Crippen molar-refractivity contribution in [3.8, 4) is 11.5 Å². The Hall–Kier alpha value is -2.49. The van der Waals surface area contributed by atoms with Crippen molar-refractivity contribution < 1.29 is 14.3 Å². The van der Waals surface area contributed by atoms with E-state index in [0.29, 0.717) is 26.1 Å². The van der Waals surface area contributed by atoms with Gasteiger partial charge in [0, 0.05) is 12.1 Å². The van der Waals surface area contributed by atoms with E-state index in [9.17, 15) is 4.79 Å². The van der Waals surface area contributed by atoms with Gasteiger partial charge in [-0.2, -0.15) is 0 Å². The van der Waals surface area contributed by atoms with Gasteiger partial charge in [0.2, 0.25) is 5.91 Å². The molecule has 0 spiro atoms. The van der Waals surface area contributed by atoms with Crippen LogP contribution < -0.4 is 14.8 Å². The van der Waals surface area contributed by atoms with Crippen LogP contribution in [0.15, 0.2) is 48.5 Å². The first kappa shape index (κ1) is 19.8. The van der Waals surface area contributed by atoms with E-state index in [1.165, 1.54) is 5.56 Å². The third-order valence-electron chi connectivity index (χ3n) is 3.99. The summed E-state index contributed by atoms with van der Waals surface area (Å²) in [4.78, 5) is 12.0. The van der Waals surface area contributed by atoms with Gasteiger partial charge in [-0.1, -0.05) is 32.9 Å². The van der Waals surface area contributed by atoms with Gasteiger partial charge in [0.25, 0.3) is 0 Å². The molecule has 4 heteroatoms. The minimum atomic E-state index is -0.0131. The largest absolute Gasteiger partial charge is 0.494 e. The van der Waals surface area contributed by atoms with Gasteiger partial charge in [0.1, 0.15) is 11.5 Å². The molecule has 0 aliphatic rings. The maximum absolute atomic E-state index is 12.0. The van der Waals surface area contributed by atoms with Gasteiger partial charge in [-0.25, -0.2) is 0 Å². The Bertz CT molecular complexity index is 685. The molecule has 0 saturated carbocycles. The predicted octanol–water partition coefficient (Wildman–Crippen LogP) is 5.18. The Balaban J connectivity index is 1.69. The molecule has 2 aromatic carbocycles. The van der Waals surface area contributed by atoms with E-state index < -0.39 is 0 Å². The van der Waals surface area contributed by atoms with Crippen LogP contribution in [0, 0.1) is 0 Å². The monoisotopic (exact) mass is 355 g/mol. The van der Waals surface area contributed by atoms with E-state index in [-0.39, 0.29) is 11.3 Å². The molecule has 0 heterocycles. The molecule has 2 rings (SSSR count). The Morgan fingerprint density at radius 2 is 1.50 bits per heavy atom. The Labute approximate surface area is 156 Å². The van der Waals surface area contributed by atoms with Crippen molar-refractivity contribution in [1.82, 2.24) is 0 Å². The lowest BCUT2D eigenvalue weighted by molar-refractivity contribution is -0.116. The Morgan fingerprint density at radius 1 is 0.923 bits per heavy atom. The van der Waals surface area contributed by atoms with E-state index in [4.69, 9.17) is 9.47 Å². The maximum Gasteiger partial charge on any atom is 0.224 e. The zero-order chi connectivity index (χ0) is 19.0. The highest BCUT2D eigenvalue weighted by molar-refractivity contribution is 5.90. The van der Waals surface area contributed by atoms with Crippen LogP contribution in [0.1, 0.15) is 46.1 Å². The third kappa shape index (κ3) is 6.43. The number of nitrogens with one attached hydrogen (secondary N) is 1. The fourth-order valence-corrected chi connectivity index (χ4v) is 2.50. The van der Waals surface area contributed by atoms with Gasteiger partial charge in [0.05, 0.1) is 13.2 Å². The second kappa shape index (κ2) is 9.27. The average Bonchev–Trinajstić information content (AvgIpc) is 2.60. The molecule has 0 aromatic heterocycles. The summed E-state index contributed by atoms with van der Waals surface area (Å²) in [5.41, 5.74) is 2.19. The highest BCUT2D eigenvalue weighted by Crippen LogP contribution is 2.24. The maximum atomic E-state index is 12.0. The molecule has 0 unspecified atom stereocenters. The first-order chi connectivity index (χ1) is 12.4. The summed E-state index contributed by atoms with van der Waals surface area (Å²) in [7, 11) is 0. The minimum absolute atomic E-state index is 0.0131. The molecule has 1 amide bonds. The molecule has 1 N–H and O–H groups in total. The number of rotatable bonds is 8. The predicted molar refractivity (Wildman–Crippen MR) is 106 cm³/mol. The lowest BCUT2D eigenvalue weighted by Gasteiger charge is -2.19. The van der Waals surface area contributed by atoms with Gasteiger partial charge >= 0.3 is 0 Å². The molecule has 0 atom stereocenters. The molecule has 2 aromatic rings. The molecule has 0 aliphatic heterocycles. The molecule has 26 heavy (non-hydrogen) atoms. The summed E-state index contributed by atoms with van der Waals surface area (Å²) in [5, 5.41) is 2.88. The minimum Gasteiger partial charge on any atom is -0.494 e. The molecule has 4 nitrogen and oxygen atoms in total. The number of anilines is 1. The van der Waals surface area contributed by atoms with Crippen LogP contribution in [-0.4, -0.2) is 19.1 Å². The smallest absolute Gasteiger partial charge is 0.224 e. The van der Waals surface area contributed by atoms with Gasteiger partial charge in [-0.05, 0) is 60.7 Å². The van der Waals surface area contributed by atoms with Crippen LogP contribution in [-0.2, 0) is 10.2 Å². The molecule has 0 radical (unpaired) electrons. The average molecular weight is 355 g/mol. The van der Waals surface area contributed by atoms with E-state index in [1.54, 1.807) is 0 Å². The van der Waals surface area contributed by atoms with Crippen molar-refractivity contribution in [3.63, 3.8) is 0 Å². The first-order valence-corrected chi connectivity index (χ1v) is 9.14. The molecule has 0 bridgehead atoms. The lowest BCUT2D eigenvalue weighted by atomic mass is 9.87. The first-order valence-electron chi connectivity index (χ1n) is 9.14. The van der Waals surface area contributed by atoms with Crippen LogP contribution in [0.3, 0.4) is 0 Å². The van der Waals surface area contributed by atoms with Gasteiger partial charge < -0.3 is 14.8 Å². The fraction of sp³-hybridized carbons (Fsp3) is 0.409. The quantitative estimate of drug-likeness (QED) is 0.664. The van der Waals surface area contributed by atoms with E-state index in [1.807, 2.05) is 43.3 Å². The van der Waals surface area contributed by atoms with Crippen molar-refractivity contribution in [3.05, 3.63) is 54.1 Å². The van der Waals surface area contributed by atoms with Crippen LogP contribution in [0.4, 0.5) is 5.69 Å². The lowest BCUT2D eigenvalue weighted by Crippen LogP contribution is -2.13. The summed E-state index contributed by atoms with van der Waals surface area (Å²) < 4.78 is 11.1. The van der Waals surface area contributed by atoms with Crippen LogP contribution in [0.25, 0.3) is 0 Å². The van der Waals surface area contributed by atoms with Crippen molar-refractivity contribution in [2.24, 2.45) is 0 Å². The fourth-order valence-electron chi connectivity index (χ4n) is 2.50. The number of carbonyl (C=O) groups excluding carboxylic acids is 1. The normalized spacial score (nSPS) is 11.1. The number of benzene rings is 2. The summed E-state index contributed by atoms with van der Waals surface area (Å²) in [6, 6.07) is 15.5. The topological polar surface area (TPSA) is 47.6 Å². The molecule has 0 aliphatic carbocycles. The van der Waals surface area contributed by atoms with Crippen LogP contribution in [0.2, 0.25) is 0 Å². The number of amides is 1. The highest BCUT2D eigenvalue weighted by atomic mass is 16.5. The second-order valence-corrected chi connectivity index (χ2v) is 7.23. The van der Waals surface area contributed by atoms with E-state index >= 15 is 0 Å². The van der Waals surface area contributed by atoms with Gasteiger partial charge in [0.15, 0.2) is 0 Å². The molecule has 0 fully saturated rings. The number of carbonyl (C=O) groups is 1. The number of ether oxygens (including phenoxy) is 2. The van der Waals surface area contributed by atoms with Crippen molar-refractivity contribution >= 4 is 11.6 Å². The summed E-state index contributed by atoms with van der Waals surface area (Å²) in [6.45, 7) is 9.65. The number of hydrogen-bond donors (Lipinski definition) is 1. The zero-order valence-electron chi connectivity index (χ0n) is 16.2. The molecular formula is C22H29NO3. The van der Waals surface area contributed by atoms with Crippen LogP contribution in [0.5, 0.6) is 11.5 Å². The zero-order valence-corrected chi connectivity index (χ0v) is 16.2. The van der Waals surface area contributed by atoms with Gasteiger partial charge in [-0.15, -0.1) is 0 Å². The van der Waals surface area contributed by atoms with Crippen molar-refractivity contribution in [2.75, 3.05) is 18.5 Å². The molecular weight excluding hydrogens is 326 g/mol. The van der Waals surface area contributed by atoms with Crippen molar-refractivity contribution in [2.45, 2.75) is 46.0 Å².